The van der Waals surface area contributed by atoms with Crippen LogP contribution in [0, 0.1) is 0 Å². The van der Waals surface area contributed by atoms with Crippen molar-refractivity contribution < 1.29 is 19.5 Å². The van der Waals surface area contributed by atoms with Crippen molar-refractivity contribution >= 4 is 41.3 Å². The van der Waals surface area contributed by atoms with Crippen molar-refractivity contribution in [2.45, 2.75) is 22.7 Å². The summed E-state index contributed by atoms with van der Waals surface area (Å²) in [6.07, 6.45) is 0.179. The van der Waals surface area contributed by atoms with Crippen LogP contribution in [0.25, 0.3) is 0 Å². The maximum Gasteiger partial charge on any atom is 0.353 e. The molecule has 2 aromatic rings. The predicted octanol–water partition coefficient (Wildman–Crippen LogP) is 2.72. The quantitative estimate of drug-likeness (QED) is 0.691. The lowest BCUT2D eigenvalue weighted by Crippen LogP contribution is -2.70. The highest BCUT2D eigenvalue weighted by molar-refractivity contribution is 8.06. The Balaban J connectivity index is 1.48. The van der Waals surface area contributed by atoms with Gasteiger partial charge in [0.2, 0.25) is 5.91 Å². The molecule has 0 bridgehead atoms. The summed E-state index contributed by atoms with van der Waals surface area (Å²) in [7, 11) is 0. The second-order valence-electron chi connectivity index (χ2n) is 6.61. The van der Waals surface area contributed by atoms with Crippen molar-refractivity contribution in [1.82, 2.24) is 10.2 Å². The summed E-state index contributed by atoms with van der Waals surface area (Å²) in [6, 6.07) is 18.0. The number of β-lactam (4-membered cyclic amide) rings is 1. The number of hydrogen-bond donors (Lipinski definition) is 2. The molecule has 0 aliphatic carbocycles. The van der Waals surface area contributed by atoms with Gasteiger partial charge in [-0.25, -0.2) is 4.79 Å². The molecule has 148 valence electrons. The highest BCUT2D eigenvalue weighted by Gasteiger charge is 2.54. The number of carbonyl (C=O) groups is 3. The van der Waals surface area contributed by atoms with Crippen LogP contribution in [0.4, 0.5) is 0 Å². The molecule has 2 aromatic carbocycles. The van der Waals surface area contributed by atoms with Crippen LogP contribution in [0.15, 0.2) is 76.2 Å². The lowest BCUT2D eigenvalue weighted by Gasteiger charge is -2.49. The molecular formula is C21H18N2O4S2. The summed E-state index contributed by atoms with van der Waals surface area (Å²) in [5, 5.41) is 12.1. The van der Waals surface area contributed by atoms with Crippen LogP contribution in [-0.4, -0.2) is 45.0 Å². The SMILES string of the molecule is O=C(Cc1ccccc1)N[C@@H]1C(=O)N2C(C(=O)O)=C(Sc3ccccc3)CS[C@H]12. The molecule has 1 fully saturated rings. The summed E-state index contributed by atoms with van der Waals surface area (Å²) in [5.41, 5.74) is 0.874. The fourth-order valence-electron chi connectivity index (χ4n) is 3.31. The van der Waals surface area contributed by atoms with Gasteiger partial charge in [0.1, 0.15) is 17.1 Å². The number of rotatable bonds is 6. The highest BCUT2D eigenvalue weighted by atomic mass is 32.2. The first kappa shape index (κ1) is 19.6. The first-order valence-electron chi connectivity index (χ1n) is 9.02. The molecule has 6 nitrogen and oxygen atoms in total. The van der Waals surface area contributed by atoms with Crippen LogP contribution >= 0.6 is 23.5 Å². The molecule has 2 aliphatic heterocycles. The number of carbonyl (C=O) groups excluding carboxylic acids is 2. The van der Waals surface area contributed by atoms with Gasteiger partial charge in [-0.2, -0.15) is 0 Å². The van der Waals surface area contributed by atoms with E-state index in [9.17, 15) is 19.5 Å². The standard InChI is InChI=1S/C21H18N2O4S2/c24-16(11-13-7-3-1-4-8-13)22-17-19(25)23-18(21(26)27)15(12-28-20(17)23)29-14-9-5-2-6-10-14/h1-10,17,20H,11-12H2,(H,22,24)(H,26,27)/t17-,20-/m1/s1. The Morgan fingerprint density at radius 3 is 2.41 bits per heavy atom. The van der Waals surface area contributed by atoms with E-state index in [1.165, 1.54) is 28.4 Å². The van der Waals surface area contributed by atoms with Gasteiger partial charge in [0.05, 0.1) is 6.42 Å². The zero-order valence-electron chi connectivity index (χ0n) is 15.3. The van der Waals surface area contributed by atoms with Crippen molar-refractivity contribution in [2.24, 2.45) is 0 Å². The third-order valence-corrected chi connectivity index (χ3v) is 7.20. The van der Waals surface area contributed by atoms with Gasteiger partial charge >= 0.3 is 5.97 Å². The summed E-state index contributed by atoms with van der Waals surface area (Å²) in [6.45, 7) is 0. The molecule has 2 N–H and O–H groups in total. The van der Waals surface area contributed by atoms with E-state index in [4.69, 9.17) is 0 Å². The van der Waals surface area contributed by atoms with E-state index in [2.05, 4.69) is 5.32 Å². The molecule has 2 amide bonds. The van der Waals surface area contributed by atoms with Gasteiger partial charge in [-0.3, -0.25) is 14.5 Å². The van der Waals surface area contributed by atoms with Gasteiger partial charge in [-0.05, 0) is 17.7 Å². The lowest BCUT2D eigenvalue weighted by molar-refractivity contribution is -0.150. The van der Waals surface area contributed by atoms with Gasteiger partial charge < -0.3 is 10.4 Å². The summed E-state index contributed by atoms with van der Waals surface area (Å²) in [4.78, 5) is 39.8. The summed E-state index contributed by atoms with van der Waals surface area (Å²) >= 11 is 2.83. The maximum absolute atomic E-state index is 12.7. The number of benzene rings is 2. The fourth-order valence-corrected chi connectivity index (χ4v) is 5.80. The largest absolute Gasteiger partial charge is 0.477 e. The van der Waals surface area contributed by atoms with Gasteiger partial charge in [0, 0.05) is 15.6 Å². The van der Waals surface area contributed by atoms with Crippen molar-refractivity contribution in [3.05, 3.63) is 76.8 Å². The van der Waals surface area contributed by atoms with Crippen LogP contribution in [0.3, 0.4) is 0 Å². The van der Waals surface area contributed by atoms with E-state index in [0.29, 0.717) is 10.7 Å². The number of nitrogens with one attached hydrogen (secondary N) is 1. The molecule has 2 aliphatic rings. The van der Waals surface area contributed by atoms with E-state index in [1.807, 2.05) is 60.7 Å². The van der Waals surface area contributed by atoms with Crippen LogP contribution in [0.5, 0.6) is 0 Å². The Kier molecular flexibility index (Phi) is 5.64. The second-order valence-corrected chi connectivity index (χ2v) is 8.88. The smallest absolute Gasteiger partial charge is 0.353 e. The average molecular weight is 427 g/mol. The Morgan fingerprint density at radius 2 is 1.76 bits per heavy atom. The van der Waals surface area contributed by atoms with Crippen molar-refractivity contribution in [3.8, 4) is 0 Å². The van der Waals surface area contributed by atoms with Crippen LogP contribution < -0.4 is 5.32 Å². The molecule has 0 saturated carbocycles. The molecule has 2 atom stereocenters. The number of fused-ring (bicyclic) bond motifs is 1. The number of carboxylic acid groups (broad SMARTS) is 1. The van der Waals surface area contributed by atoms with Gasteiger partial charge in [-0.1, -0.05) is 60.3 Å². The minimum absolute atomic E-state index is 0.0150. The number of aliphatic carboxylic acids is 1. The molecule has 8 heteroatoms. The Labute approximate surface area is 176 Å². The number of nitrogens with zero attached hydrogens (tertiary/aromatic N) is 1. The topological polar surface area (TPSA) is 86.7 Å². The number of amides is 2. The molecule has 0 unspecified atom stereocenters. The second kappa shape index (κ2) is 8.34. The Hall–Kier alpha value is -2.71. The first-order valence-corrected chi connectivity index (χ1v) is 10.9. The summed E-state index contributed by atoms with van der Waals surface area (Å²) < 4.78 is 0. The summed E-state index contributed by atoms with van der Waals surface area (Å²) in [5.74, 6) is -1.29. The van der Waals surface area contributed by atoms with E-state index >= 15 is 0 Å². The first-order chi connectivity index (χ1) is 14.0. The Morgan fingerprint density at radius 1 is 1.10 bits per heavy atom. The van der Waals surface area contributed by atoms with Gasteiger partial charge in [-0.15, -0.1) is 11.8 Å². The molecule has 2 heterocycles. The van der Waals surface area contributed by atoms with Gasteiger partial charge in [0.25, 0.3) is 5.91 Å². The monoisotopic (exact) mass is 426 g/mol. The van der Waals surface area contributed by atoms with Crippen LogP contribution in [0.1, 0.15) is 5.56 Å². The predicted molar refractivity (Wildman–Crippen MR) is 112 cm³/mol. The molecule has 29 heavy (non-hydrogen) atoms. The normalized spacial score (nSPS) is 20.7. The molecule has 0 radical (unpaired) electrons. The minimum atomic E-state index is -1.13. The van der Waals surface area contributed by atoms with Crippen LogP contribution in [0.2, 0.25) is 0 Å². The van der Waals surface area contributed by atoms with Crippen LogP contribution in [-0.2, 0) is 20.8 Å². The van der Waals surface area contributed by atoms with Crippen molar-refractivity contribution in [2.75, 3.05) is 5.75 Å². The zero-order valence-corrected chi connectivity index (χ0v) is 16.9. The van der Waals surface area contributed by atoms with Crippen molar-refractivity contribution in [1.29, 1.82) is 0 Å². The molecular weight excluding hydrogens is 408 g/mol. The zero-order chi connectivity index (χ0) is 20.4. The van der Waals surface area contributed by atoms with Crippen molar-refractivity contribution in [3.63, 3.8) is 0 Å². The number of carboxylic acids is 1. The number of thioether (sulfide) groups is 2. The van der Waals surface area contributed by atoms with E-state index in [0.717, 1.165) is 10.5 Å². The third kappa shape index (κ3) is 4.04. The molecule has 1 saturated heterocycles. The molecule has 0 aromatic heterocycles. The average Bonchev–Trinajstić information content (AvgIpc) is 2.73. The van der Waals surface area contributed by atoms with E-state index in [-0.39, 0.29) is 23.9 Å². The molecule has 0 spiro atoms. The lowest BCUT2D eigenvalue weighted by atomic mass is 10.0. The maximum atomic E-state index is 12.7. The highest BCUT2D eigenvalue weighted by Crippen LogP contribution is 2.45. The molecule has 4 rings (SSSR count). The minimum Gasteiger partial charge on any atom is -0.477 e. The van der Waals surface area contributed by atoms with E-state index in [1.54, 1.807) is 0 Å². The Bertz CT molecular complexity index is 979. The van der Waals surface area contributed by atoms with E-state index < -0.39 is 17.4 Å². The third-order valence-electron chi connectivity index (χ3n) is 4.64. The number of hydrogen-bond acceptors (Lipinski definition) is 5. The van der Waals surface area contributed by atoms with Gasteiger partial charge in [0.15, 0.2) is 0 Å². The fraction of sp³-hybridized carbons (Fsp3) is 0.190.